The first-order valence-corrected chi connectivity index (χ1v) is 3.59. The molecule has 2 heterocycles. The van der Waals surface area contributed by atoms with Gasteiger partial charge in [0.25, 0.3) is 0 Å². The highest BCUT2D eigenvalue weighted by molar-refractivity contribution is 4.91. The zero-order valence-corrected chi connectivity index (χ0v) is 5.51. The van der Waals surface area contributed by atoms with Gasteiger partial charge < -0.3 is 5.32 Å². The number of nitrogens with zero attached hydrogens (tertiary/aromatic N) is 1. The van der Waals surface area contributed by atoms with Crippen molar-refractivity contribution in [3.63, 3.8) is 0 Å². The lowest BCUT2D eigenvalue weighted by molar-refractivity contribution is 0.327. The van der Waals surface area contributed by atoms with E-state index in [1.807, 2.05) is 5.01 Å². The normalized spacial score (nSPS) is 43.7. The van der Waals surface area contributed by atoms with Crippen LogP contribution in [0.4, 0.5) is 0 Å². The predicted molar refractivity (Wildman–Crippen MR) is 35.7 cm³/mol. The molecular weight excluding hydrogens is 114 g/mol. The molecule has 2 rings (SSSR count). The SMILES string of the molecule is NN1C[C@@H]2CCN[C@@H]2C1. The zero-order valence-electron chi connectivity index (χ0n) is 5.51. The van der Waals surface area contributed by atoms with Crippen LogP contribution in [0.5, 0.6) is 0 Å². The summed E-state index contributed by atoms with van der Waals surface area (Å²) in [6.07, 6.45) is 1.32. The Morgan fingerprint density at radius 1 is 1.44 bits per heavy atom. The maximum absolute atomic E-state index is 5.62. The molecule has 2 aliphatic rings. The third-order valence-corrected chi connectivity index (χ3v) is 2.39. The van der Waals surface area contributed by atoms with Crippen LogP contribution in [0, 0.1) is 5.92 Å². The molecule has 0 saturated carbocycles. The van der Waals surface area contributed by atoms with E-state index in [2.05, 4.69) is 5.32 Å². The highest BCUT2D eigenvalue weighted by Crippen LogP contribution is 2.21. The van der Waals surface area contributed by atoms with Gasteiger partial charge in [-0.2, -0.15) is 0 Å². The fraction of sp³-hybridized carbons (Fsp3) is 1.00. The molecule has 0 radical (unpaired) electrons. The molecule has 2 saturated heterocycles. The van der Waals surface area contributed by atoms with Crippen LogP contribution < -0.4 is 11.2 Å². The summed E-state index contributed by atoms with van der Waals surface area (Å²) >= 11 is 0. The maximum Gasteiger partial charge on any atom is 0.0286 e. The number of hydrogen-bond acceptors (Lipinski definition) is 3. The van der Waals surface area contributed by atoms with Crippen LogP contribution in [-0.2, 0) is 0 Å². The quantitative estimate of drug-likeness (QED) is 0.417. The van der Waals surface area contributed by atoms with E-state index in [9.17, 15) is 0 Å². The van der Waals surface area contributed by atoms with Gasteiger partial charge in [-0.3, -0.25) is 5.84 Å². The second-order valence-corrected chi connectivity index (χ2v) is 3.06. The minimum atomic E-state index is 0.704. The van der Waals surface area contributed by atoms with E-state index in [-0.39, 0.29) is 0 Å². The van der Waals surface area contributed by atoms with Crippen LogP contribution in [0.25, 0.3) is 0 Å². The molecule has 0 amide bonds. The maximum atomic E-state index is 5.62. The standard InChI is InChI=1S/C6H13N3/c7-9-3-5-1-2-8-6(5)4-9/h5-6,8H,1-4,7H2/t5-,6+/m0/s1. The first kappa shape index (κ1) is 5.65. The summed E-state index contributed by atoms with van der Waals surface area (Å²) in [5.41, 5.74) is 0. The Balaban J connectivity index is 2.02. The van der Waals surface area contributed by atoms with E-state index in [1.54, 1.807) is 0 Å². The topological polar surface area (TPSA) is 41.3 Å². The minimum Gasteiger partial charge on any atom is -0.312 e. The minimum absolute atomic E-state index is 0.704. The van der Waals surface area contributed by atoms with Gasteiger partial charge in [-0.1, -0.05) is 0 Å². The Hall–Kier alpha value is -0.120. The smallest absolute Gasteiger partial charge is 0.0286 e. The summed E-state index contributed by atoms with van der Waals surface area (Å²) in [5, 5.41) is 5.35. The molecule has 52 valence electrons. The Bertz CT molecular complexity index is 103. The summed E-state index contributed by atoms with van der Waals surface area (Å²) in [6, 6.07) is 0.704. The molecule has 0 unspecified atom stereocenters. The highest BCUT2D eigenvalue weighted by Gasteiger charge is 2.34. The van der Waals surface area contributed by atoms with Crippen LogP contribution in [0.15, 0.2) is 0 Å². The Morgan fingerprint density at radius 2 is 2.33 bits per heavy atom. The van der Waals surface area contributed by atoms with Gasteiger partial charge in [0.2, 0.25) is 0 Å². The van der Waals surface area contributed by atoms with Gasteiger partial charge in [0.05, 0.1) is 0 Å². The van der Waals surface area contributed by atoms with Crippen molar-refractivity contribution in [1.82, 2.24) is 10.3 Å². The molecule has 0 bridgehead atoms. The van der Waals surface area contributed by atoms with Crippen molar-refractivity contribution < 1.29 is 0 Å². The summed E-state index contributed by atoms with van der Waals surface area (Å²) in [7, 11) is 0. The number of fused-ring (bicyclic) bond motifs is 1. The van der Waals surface area contributed by atoms with E-state index in [0.29, 0.717) is 6.04 Å². The van der Waals surface area contributed by atoms with Crippen molar-refractivity contribution in [1.29, 1.82) is 0 Å². The van der Waals surface area contributed by atoms with Gasteiger partial charge in [-0.05, 0) is 18.9 Å². The third-order valence-electron chi connectivity index (χ3n) is 2.39. The summed E-state index contributed by atoms with van der Waals surface area (Å²) in [4.78, 5) is 0. The molecule has 2 atom stereocenters. The van der Waals surface area contributed by atoms with E-state index >= 15 is 0 Å². The molecule has 0 aromatic rings. The third kappa shape index (κ3) is 0.852. The van der Waals surface area contributed by atoms with Crippen LogP contribution in [0.2, 0.25) is 0 Å². The van der Waals surface area contributed by atoms with E-state index in [1.165, 1.54) is 13.0 Å². The number of nitrogens with one attached hydrogen (secondary N) is 1. The number of nitrogens with two attached hydrogens (primary N) is 1. The molecule has 3 nitrogen and oxygen atoms in total. The van der Waals surface area contributed by atoms with Gasteiger partial charge in [-0.15, -0.1) is 0 Å². The van der Waals surface area contributed by atoms with E-state index in [4.69, 9.17) is 5.84 Å². The summed E-state index contributed by atoms with van der Waals surface area (Å²) in [5.74, 6) is 6.46. The number of hydrogen-bond donors (Lipinski definition) is 2. The van der Waals surface area contributed by atoms with Crippen LogP contribution in [0.3, 0.4) is 0 Å². The monoisotopic (exact) mass is 127 g/mol. The van der Waals surface area contributed by atoms with Crippen molar-refractivity contribution in [2.24, 2.45) is 11.8 Å². The Morgan fingerprint density at radius 3 is 3.11 bits per heavy atom. The van der Waals surface area contributed by atoms with Crippen molar-refractivity contribution in [3.8, 4) is 0 Å². The van der Waals surface area contributed by atoms with E-state index in [0.717, 1.165) is 19.0 Å². The molecule has 0 spiro atoms. The first-order chi connectivity index (χ1) is 4.36. The van der Waals surface area contributed by atoms with Gasteiger partial charge in [0.1, 0.15) is 0 Å². The number of rotatable bonds is 0. The predicted octanol–water partition coefficient (Wildman–Crippen LogP) is -0.846. The molecule has 0 aromatic carbocycles. The van der Waals surface area contributed by atoms with Crippen LogP contribution >= 0.6 is 0 Å². The van der Waals surface area contributed by atoms with Crippen molar-refractivity contribution in [2.75, 3.05) is 19.6 Å². The molecule has 9 heavy (non-hydrogen) atoms. The average molecular weight is 127 g/mol. The van der Waals surface area contributed by atoms with Gasteiger partial charge in [-0.25, -0.2) is 5.01 Å². The van der Waals surface area contributed by atoms with Crippen molar-refractivity contribution >= 4 is 0 Å². The van der Waals surface area contributed by atoms with Crippen LogP contribution in [0.1, 0.15) is 6.42 Å². The fourth-order valence-corrected chi connectivity index (χ4v) is 1.88. The molecular formula is C6H13N3. The zero-order chi connectivity index (χ0) is 6.27. The van der Waals surface area contributed by atoms with Gasteiger partial charge in [0.15, 0.2) is 0 Å². The highest BCUT2D eigenvalue weighted by atomic mass is 15.4. The average Bonchev–Trinajstić information content (AvgIpc) is 2.22. The second kappa shape index (κ2) is 1.94. The van der Waals surface area contributed by atoms with Crippen LogP contribution in [-0.4, -0.2) is 30.7 Å². The molecule has 0 aromatic heterocycles. The van der Waals surface area contributed by atoms with E-state index < -0.39 is 0 Å². The molecule has 2 fully saturated rings. The van der Waals surface area contributed by atoms with Crippen molar-refractivity contribution in [3.05, 3.63) is 0 Å². The molecule has 2 aliphatic heterocycles. The molecule has 3 heteroatoms. The lowest BCUT2D eigenvalue weighted by Gasteiger charge is -2.07. The molecule has 3 N–H and O–H groups in total. The first-order valence-electron chi connectivity index (χ1n) is 3.59. The lowest BCUT2D eigenvalue weighted by Crippen LogP contribution is -2.33. The molecule has 0 aliphatic carbocycles. The Labute approximate surface area is 55.2 Å². The summed E-state index contributed by atoms with van der Waals surface area (Å²) in [6.45, 7) is 3.34. The second-order valence-electron chi connectivity index (χ2n) is 3.06. The van der Waals surface area contributed by atoms with Gasteiger partial charge in [0, 0.05) is 19.1 Å². The fourth-order valence-electron chi connectivity index (χ4n) is 1.88. The van der Waals surface area contributed by atoms with Gasteiger partial charge >= 0.3 is 0 Å². The Kier molecular flexibility index (Phi) is 1.22. The summed E-state index contributed by atoms with van der Waals surface area (Å²) < 4.78 is 0. The lowest BCUT2D eigenvalue weighted by atomic mass is 10.1. The van der Waals surface area contributed by atoms with Crippen molar-refractivity contribution in [2.45, 2.75) is 12.5 Å². The largest absolute Gasteiger partial charge is 0.312 e. The number of hydrazine groups is 1.